The first-order chi connectivity index (χ1) is 8.58. The second-order valence-corrected chi connectivity index (χ2v) is 6.51. The second kappa shape index (κ2) is 5.93. The molecule has 1 fully saturated rings. The van der Waals surface area contributed by atoms with Crippen molar-refractivity contribution in [1.29, 1.82) is 0 Å². The summed E-state index contributed by atoms with van der Waals surface area (Å²) in [7, 11) is 0. The number of carbonyl (C=O) groups is 1. The molecule has 1 aromatic rings. The zero-order valence-electron chi connectivity index (χ0n) is 10.6. The summed E-state index contributed by atoms with van der Waals surface area (Å²) in [4.78, 5) is 18.2. The van der Waals surface area contributed by atoms with Crippen molar-refractivity contribution in [3.63, 3.8) is 0 Å². The molecule has 1 aromatic heterocycles. The largest absolute Gasteiger partial charge is 0.337 e. The average molecular weight is 285 g/mol. The Morgan fingerprint density at radius 3 is 3.06 bits per heavy atom. The highest BCUT2D eigenvalue weighted by atomic mass is 35.5. The van der Waals surface area contributed by atoms with Gasteiger partial charge in [-0.05, 0) is 18.1 Å². The molecule has 0 radical (unpaired) electrons. The lowest BCUT2D eigenvalue weighted by Gasteiger charge is -2.34. The predicted molar refractivity (Wildman–Crippen MR) is 76.2 cm³/mol. The fraction of sp³-hybridized carbons (Fsp3) is 0.538. The van der Waals surface area contributed by atoms with Crippen molar-refractivity contribution in [2.24, 2.45) is 5.92 Å². The molecule has 2 heterocycles. The van der Waals surface area contributed by atoms with Crippen LogP contribution in [-0.4, -0.2) is 39.9 Å². The molecule has 0 bridgehead atoms. The molecule has 1 atom stereocenters. The molecule has 1 aliphatic heterocycles. The van der Waals surface area contributed by atoms with Crippen molar-refractivity contribution in [2.45, 2.75) is 19.1 Å². The van der Waals surface area contributed by atoms with Gasteiger partial charge in [-0.1, -0.05) is 25.4 Å². The molecule has 0 saturated carbocycles. The first kappa shape index (κ1) is 13.7. The van der Waals surface area contributed by atoms with E-state index in [2.05, 4.69) is 18.8 Å². The van der Waals surface area contributed by atoms with Crippen LogP contribution in [0, 0.1) is 5.92 Å². The third kappa shape index (κ3) is 3.18. The molecule has 1 unspecified atom stereocenters. The Balaban J connectivity index is 2.09. The maximum atomic E-state index is 12.4. The fourth-order valence-electron chi connectivity index (χ4n) is 1.98. The van der Waals surface area contributed by atoms with Crippen molar-refractivity contribution >= 4 is 29.3 Å². The Morgan fingerprint density at radius 1 is 1.61 bits per heavy atom. The molecule has 5 heteroatoms. The van der Waals surface area contributed by atoms with Crippen LogP contribution in [0.3, 0.4) is 0 Å². The third-order valence-electron chi connectivity index (χ3n) is 3.10. The van der Waals surface area contributed by atoms with E-state index >= 15 is 0 Å². The molecule has 98 valence electrons. The molecule has 2 rings (SSSR count). The number of carbonyl (C=O) groups excluding carboxylic acids is 1. The summed E-state index contributed by atoms with van der Waals surface area (Å²) >= 11 is 7.78. The number of thioether (sulfide) groups is 1. The molecule has 0 aromatic carbocycles. The van der Waals surface area contributed by atoms with E-state index in [1.807, 2.05) is 16.7 Å². The second-order valence-electron chi connectivity index (χ2n) is 4.77. The summed E-state index contributed by atoms with van der Waals surface area (Å²) in [6.07, 6.45) is 1.58. The van der Waals surface area contributed by atoms with Crippen LogP contribution in [0.2, 0.25) is 5.15 Å². The lowest BCUT2D eigenvalue weighted by atomic mass is 10.1. The topological polar surface area (TPSA) is 33.2 Å². The number of pyridine rings is 1. The number of hydrogen-bond donors (Lipinski definition) is 0. The van der Waals surface area contributed by atoms with E-state index in [0.29, 0.717) is 21.9 Å². The van der Waals surface area contributed by atoms with Gasteiger partial charge in [0.15, 0.2) is 0 Å². The van der Waals surface area contributed by atoms with Gasteiger partial charge in [0.05, 0.1) is 0 Å². The Bertz CT molecular complexity index is 439. The smallest absolute Gasteiger partial charge is 0.254 e. The summed E-state index contributed by atoms with van der Waals surface area (Å²) in [5.41, 5.74) is 0.629. The van der Waals surface area contributed by atoms with Crippen LogP contribution in [0.5, 0.6) is 0 Å². The monoisotopic (exact) mass is 284 g/mol. The van der Waals surface area contributed by atoms with Gasteiger partial charge in [0, 0.05) is 35.9 Å². The highest BCUT2D eigenvalue weighted by molar-refractivity contribution is 8.00. The fourth-order valence-corrected chi connectivity index (χ4v) is 3.45. The van der Waals surface area contributed by atoms with E-state index in [4.69, 9.17) is 11.6 Å². The minimum atomic E-state index is 0.0604. The molecule has 3 nitrogen and oxygen atoms in total. The highest BCUT2D eigenvalue weighted by Crippen LogP contribution is 2.25. The van der Waals surface area contributed by atoms with Crippen molar-refractivity contribution in [3.8, 4) is 0 Å². The number of aromatic nitrogens is 1. The number of halogens is 1. The summed E-state index contributed by atoms with van der Waals surface area (Å²) in [5, 5.41) is 0.896. The van der Waals surface area contributed by atoms with E-state index in [1.165, 1.54) is 0 Å². The van der Waals surface area contributed by atoms with E-state index in [0.717, 1.165) is 18.8 Å². The molecule has 0 N–H and O–H groups in total. The minimum Gasteiger partial charge on any atom is -0.337 e. The van der Waals surface area contributed by atoms with Crippen LogP contribution in [-0.2, 0) is 0 Å². The SMILES string of the molecule is CC(C)C1CN(C(=O)c2ccnc(Cl)c2)CCS1. The molecule has 1 amide bonds. The van der Waals surface area contributed by atoms with Crippen molar-refractivity contribution in [3.05, 3.63) is 29.0 Å². The van der Waals surface area contributed by atoms with Crippen molar-refractivity contribution in [1.82, 2.24) is 9.88 Å². The predicted octanol–water partition coefficient (Wildman–Crippen LogP) is 2.95. The van der Waals surface area contributed by atoms with Gasteiger partial charge in [-0.2, -0.15) is 11.8 Å². The Hall–Kier alpha value is -0.740. The van der Waals surface area contributed by atoms with E-state index in [9.17, 15) is 4.79 Å². The van der Waals surface area contributed by atoms with Gasteiger partial charge < -0.3 is 4.90 Å². The summed E-state index contributed by atoms with van der Waals surface area (Å²) in [6.45, 7) is 6.04. The Labute approximate surface area is 117 Å². The van der Waals surface area contributed by atoms with Gasteiger partial charge in [-0.15, -0.1) is 0 Å². The molecule has 18 heavy (non-hydrogen) atoms. The van der Waals surface area contributed by atoms with Crippen molar-refractivity contribution in [2.75, 3.05) is 18.8 Å². The number of nitrogens with zero attached hydrogens (tertiary/aromatic N) is 2. The Morgan fingerprint density at radius 2 is 2.39 bits per heavy atom. The van der Waals surface area contributed by atoms with Crippen LogP contribution in [0.15, 0.2) is 18.3 Å². The van der Waals surface area contributed by atoms with Gasteiger partial charge in [0.2, 0.25) is 0 Å². The van der Waals surface area contributed by atoms with Gasteiger partial charge in [-0.3, -0.25) is 4.79 Å². The summed E-state index contributed by atoms with van der Waals surface area (Å²) in [5.74, 6) is 1.66. The Kier molecular flexibility index (Phi) is 4.51. The molecule has 1 saturated heterocycles. The first-order valence-electron chi connectivity index (χ1n) is 6.10. The maximum absolute atomic E-state index is 12.4. The summed E-state index contributed by atoms with van der Waals surface area (Å²) < 4.78 is 0. The van der Waals surface area contributed by atoms with Gasteiger partial charge >= 0.3 is 0 Å². The lowest BCUT2D eigenvalue weighted by Crippen LogP contribution is -2.43. The van der Waals surface area contributed by atoms with Crippen molar-refractivity contribution < 1.29 is 4.79 Å². The first-order valence-corrected chi connectivity index (χ1v) is 7.53. The minimum absolute atomic E-state index is 0.0604. The van der Waals surface area contributed by atoms with Gasteiger partial charge in [0.1, 0.15) is 5.15 Å². The molecule has 0 spiro atoms. The van der Waals surface area contributed by atoms with Gasteiger partial charge in [-0.25, -0.2) is 4.98 Å². The molecule has 1 aliphatic rings. The van der Waals surface area contributed by atoms with Crippen LogP contribution in [0.25, 0.3) is 0 Å². The highest BCUT2D eigenvalue weighted by Gasteiger charge is 2.26. The zero-order valence-corrected chi connectivity index (χ0v) is 12.2. The third-order valence-corrected chi connectivity index (χ3v) is 4.84. The van der Waals surface area contributed by atoms with Crippen LogP contribution >= 0.6 is 23.4 Å². The number of hydrogen-bond acceptors (Lipinski definition) is 3. The van der Waals surface area contributed by atoms with E-state index in [-0.39, 0.29) is 5.91 Å². The van der Waals surface area contributed by atoms with E-state index in [1.54, 1.807) is 18.3 Å². The van der Waals surface area contributed by atoms with Crippen LogP contribution in [0.1, 0.15) is 24.2 Å². The molecular weight excluding hydrogens is 268 g/mol. The lowest BCUT2D eigenvalue weighted by molar-refractivity contribution is 0.0756. The zero-order chi connectivity index (χ0) is 13.1. The quantitative estimate of drug-likeness (QED) is 0.783. The standard InChI is InChI=1S/C13H17ClN2OS/c1-9(2)11-8-16(5-6-18-11)13(17)10-3-4-15-12(14)7-10/h3-4,7,9,11H,5-6,8H2,1-2H3. The maximum Gasteiger partial charge on any atom is 0.254 e. The number of amides is 1. The molecular formula is C13H17ClN2OS. The number of rotatable bonds is 2. The average Bonchev–Trinajstić information content (AvgIpc) is 2.38. The summed E-state index contributed by atoms with van der Waals surface area (Å²) in [6, 6.07) is 3.36. The normalized spacial score (nSPS) is 20.2. The molecule has 0 aliphatic carbocycles. The van der Waals surface area contributed by atoms with Crippen LogP contribution < -0.4 is 0 Å². The van der Waals surface area contributed by atoms with Crippen LogP contribution in [0.4, 0.5) is 0 Å². The van der Waals surface area contributed by atoms with E-state index < -0.39 is 0 Å². The van der Waals surface area contributed by atoms with Gasteiger partial charge in [0.25, 0.3) is 5.91 Å².